The first-order valence-electron chi connectivity index (χ1n) is 5.50. The maximum Gasteiger partial charge on any atom is 0.264 e. The summed E-state index contributed by atoms with van der Waals surface area (Å²) in [5.74, 6) is 0. The monoisotopic (exact) mass is 282 g/mol. The summed E-state index contributed by atoms with van der Waals surface area (Å²) in [6.07, 6.45) is 1.65. The van der Waals surface area contributed by atoms with Crippen molar-refractivity contribution in [2.45, 2.75) is 6.42 Å². The van der Waals surface area contributed by atoms with E-state index in [1.807, 2.05) is 23.6 Å². The Hall–Kier alpha value is -1.17. The van der Waals surface area contributed by atoms with Gasteiger partial charge in [-0.2, -0.15) is 19.8 Å². The van der Waals surface area contributed by atoms with Crippen molar-refractivity contribution in [3.8, 4) is 11.1 Å². The molecule has 0 aliphatic rings. The fourth-order valence-electron chi connectivity index (χ4n) is 1.65. The van der Waals surface area contributed by atoms with Crippen molar-refractivity contribution < 1.29 is 12.6 Å². The molecule has 1 aromatic heterocycles. The van der Waals surface area contributed by atoms with Crippen LogP contribution in [0.5, 0.6) is 0 Å². The normalized spacial score (nSPS) is 11.6. The molecule has 0 N–H and O–H groups in total. The van der Waals surface area contributed by atoms with Crippen LogP contribution in [0.25, 0.3) is 11.1 Å². The van der Waals surface area contributed by atoms with E-state index in [4.69, 9.17) is 4.18 Å². The molecule has 3 nitrogen and oxygen atoms in total. The van der Waals surface area contributed by atoms with Gasteiger partial charge in [-0.3, -0.25) is 4.18 Å². The summed E-state index contributed by atoms with van der Waals surface area (Å²) in [5.41, 5.74) is 3.40. The lowest BCUT2D eigenvalue weighted by Gasteiger charge is -2.04. The number of benzene rings is 1. The third-order valence-corrected chi connectivity index (χ3v) is 3.75. The van der Waals surface area contributed by atoms with Gasteiger partial charge in [0.2, 0.25) is 0 Å². The van der Waals surface area contributed by atoms with E-state index in [2.05, 4.69) is 17.5 Å². The van der Waals surface area contributed by atoms with Crippen molar-refractivity contribution in [2.75, 3.05) is 12.9 Å². The zero-order chi connectivity index (χ0) is 13.0. The van der Waals surface area contributed by atoms with Crippen molar-refractivity contribution in [3.05, 3.63) is 46.7 Å². The maximum atomic E-state index is 10.9. The average molecular weight is 282 g/mol. The first-order chi connectivity index (χ1) is 8.54. The van der Waals surface area contributed by atoms with Crippen LogP contribution in [0, 0.1) is 0 Å². The highest BCUT2D eigenvalue weighted by atomic mass is 32.2. The molecule has 1 heterocycles. The number of hydrogen-bond acceptors (Lipinski definition) is 4. The maximum absolute atomic E-state index is 10.9. The molecule has 0 aliphatic heterocycles. The first-order valence-corrected chi connectivity index (χ1v) is 8.26. The summed E-state index contributed by atoms with van der Waals surface area (Å²) < 4.78 is 26.4. The van der Waals surface area contributed by atoms with Crippen molar-refractivity contribution in [1.82, 2.24) is 0 Å². The van der Waals surface area contributed by atoms with E-state index < -0.39 is 10.1 Å². The smallest absolute Gasteiger partial charge is 0.264 e. The van der Waals surface area contributed by atoms with E-state index in [0.29, 0.717) is 6.42 Å². The van der Waals surface area contributed by atoms with Gasteiger partial charge >= 0.3 is 0 Å². The summed E-state index contributed by atoms with van der Waals surface area (Å²) in [7, 11) is -3.35. The summed E-state index contributed by atoms with van der Waals surface area (Å²) in [6, 6.07) is 10.1. The Balaban J connectivity index is 2.04. The van der Waals surface area contributed by atoms with Gasteiger partial charge in [0, 0.05) is 0 Å². The Morgan fingerprint density at radius 1 is 1.22 bits per heavy atom. The van der Waals surface area contributed by atoms with Crippen LogP contribution in [0.3, 0.4) is 0 Å². The van der Waals surface area contributed by atoms with Gasteiger partial charge in [-0.15, -0.1) is 0 Å². The topological polar surface area (TPSA) is 43.4 Å². The molecule has 0 spiro atoms. The van der Waals surface area contributed by atoms with Crippen molar-refractivity contribution >= 4 is 21.5 Å². The number of hydrogen-bond donors (Lipinski definition) is 0. The number of thiophene rings is 1. The second-order valence-corrected chi connectivity index (χ2v) is 6.41. The van der Waals surface area contributed by atoms with E-state index in [1.54, 1.807) is 11.3 Å². The molecule has 0 amide bonds. The first kappa shape index (κ1) is 13.3. The van der Waals surface area contributed by atoms with E-state index >= 15 is 0 Å². The summed E-state index contributed by atoms with van der Waals surface area (Å²) in [5, 5.41) is 4.13. The van der Waals surface area contributed by atoms with Crippen LogP contribution >= 0.6 is 11.3 Å². The Bertz CT molecular complexity index is 601. The van der Waals surface area contributed by atoms with Crippen LogP contribution in [-0.4, -0.2) is 21.3 Å². The molecule has 0 atom stereocenters. The van der Waals surface area contributed by atoms with Crippen LogP contribution in [0.15, 0.2) is 41.1 Å². The molecule has 96 valence electrons. The summed E-state index contributed by atoms with van der Waals surface area (Å²) in [4.78, 5) is 0. The minimum absolute atomic E-state index is 0.186. The van der Waals surface area contributed by atoms with Crippen LogP contribution in [0.1, 0.15) is 5.56 Å². The molecule has 0 aliphatic carbocycles. The number of rotatable bonds is 5. The van der Waals surface area contributed by atoms with Crippen LogP contribution < -0.4 is 0 Å². The fourth-order valence-corrected chi connectivity index (χ4v) is 2.70. The standard InChI is InChI=1S/C13H14O3S2/c1-18(14,15)16-7-5-11-3-2-4-12(9-11)13-6-8-17-10-13/h2-4,6,8-10H,5,7H2,1H3. The molecule has 0 bridgehead atoms. The molecule has 0 unspecified atom stereocenters. The highest BCUT2D eigenvalue weighted by molar-refractivity contribution is 7.85. The molecule has 0 saturated heterocycles. The van der Waals surface area contributed by atoms with Gasteiger partial charge in [-0.1, -0.05) is 24.3 Å². The molecular formula is C13H14O3S2. The van der Waals surface area contributed by atoms with Crippen LogP contribution in [0.2, 0.25) is 0 Å². The molecule has 5 heteroatoms. The molecule has 18 heavy (non-hydrogen) atoms. The van der Waals surface area contributed by atoms with E-state index in [1.165, 1.54) is 5.56 Å². The van der Waals surface area contributed by atoms with Crippen LogP contribution in [0.4, 0.5) is 0 Å². The van der Waals surface area contributed by atoms with Crippen molar-refractivity contribution in [1.29, 1.82) is 0 Å². The SMILES string of the molecule is CS(=O)(=O)OCCc1cccc(-c2ccsc2)c1. The Morgan fingerprint density at radius 2 is 2.06 bits per heavy atom. The van der Waals surface area contributed by atoms with Gasteiger partial charge in [-0.25, -0.2) is 0 Å². The zero-order valence-electron chi connectivity index (χ0n) is 10.00. The van der Waals surface area contributed by atoms with Crippen LogP contribution in [-0.2, 0) is 20.7 Å². The lowest BCUT2D eigenvalue weighted by Crippen LogP contribution is -2.06. The fraction of sp³-hybridized carbons (Fsp3) is 0.231. The molecule has 0 fully saturated rings. The minimum Gasteiger partial charge on any atom is -0.270 e. The molecule has 2 aromatic rings. The molecule has 1 aromatic carbocycles. The largest absolute Gasteiger partial charge is 0.270 e. The van der Waals surface area contributed by atoms with Crippen molar-refractivity contribution in [2.24, 2.45) is 0 Å². The second kappa shape index (κ2) is 5.65. The van der Waals surface area contributed by atoms with Crippen molar-refractivity contribution in [3.63, 3.8) is 0 Å². The minimum atomic E-state index is -3.35. The predicted octanol–water partition coefficient (Wildman–Crippen LogP) is 2.93. The van der Waals surface area contributed by atoms with Gasteiger partial charge < -0.3 is 0 Å². The highest BCUT2D eigenvalue weighted by Crippen LogP contribution is 2.23. The summed E-state index contributed by atoms with van der Waals surface area (Å²) >= 11 is 1.66. The molecule has 2 rings (SSSR count). The second-order valence-electron chi connectivity index (χ2n) is 3.99. The Morgan fingerprint density at radius 3 is 2.72 bits per heavy atom. The highest BCUT2D eigenvalue weighted by Gasteiger charge is 2.03. The third kappa shape index (κ3) is 3.94. The lowest BCUT2D eigenvalue weighted by molar-refractivity contribution is 0.326. The van der Waals surface area contributed by atoms with Gasteiger partial charge in [-0.05, 0) is 39.9 Å². The lowest BCUT2D eigenvalue weighted by atomic mass is 10.0. The molecular weight excluding hydrogens is 268 g/mol. The van der Waals surface area contributed by atoms with Gasteiger partial charge in [0.25, 0.3) is 10.1 Å². The Labute approximate surface area is 111 Å². The van der Waals surface area contributed by atoms with Gasteiger partial charge in [0.15, 0.2) is 0 Å². The summed E-state index contributed by atoms with van der Waals surface area (Å²) in [6.45, 7) is 0.186. The average Bonchev–Trinajstić information content (AvgIpc) is 2.81. The van der Waals surface area contributed by atoms with Gasteiger partial charge in [0.1, 0.15) is 0 Å². The van der Waals surface area contributed by atoms with E-state index in [9.17, 15) is 8.42 Å². The Kier molecular flexibility index (Phi) is 4.16. The molecule has 0 radical (unpaired) electrons. The third-order valence-electron chi connectivity index (χ3n) is 2.47. The quantitative estimate of drug-likeness (QED) is 0.792. The molecule has 0 saturated carbocycles. The predicted molar refractivity (Wildman–Crippen MR) is 74.3 cm³/mol. The zero-order valence-corrected chi connectivity index (χ0v) is 11.6. The van der Waals surface area contributed by atoms with E-state index in [-0.39, 0.29) is 6.61 Å². The van der Waals surface area contributed by atoms with Gasteiger partial charge in [0.05, 0.1) is 12.9 Å². The van der Waals surface area contributed by atoms with E-state index in [0.717, 1.165) is 17.4 Å².